The van der Waals surface area contributed by atoms with Gasteiger partial charge in [-0.25, -0.2) is 4.39 Å². The molecule has 2 aromatic rings. The van der Waals surface area contributed by atoms with Gasteiger partial charge in [0, 0.05) is 15.5 Å². The molecule has 0 aliphatic heterocycles. The van der Waals surface area contributed by atoms with Crippen molar-refractivity contribution < 1.29 is 4.39 Å². The molecule has 0 amide bonds. The van der Waals surface area contributed by atoms with E-state index in [1.54, 1.807) is 6.07 Å². The van der Waals surface area contributed by atoms with Crippen LogP contribution >= 0.6 is 22.9 Å². The molecule has 0 aliphatic rings. The Morgan fingerprint density at radius 1 is 1.38 bits per heavy atom. The van der Waals surface area contributed by atoms with Crippen LogP contribution < -0.4 is 5.73 Å². The van der Waals surface area contributed by atoms with Crippen LogP contribution in [0.5, 0.6) is 0 Å². The van der Waals surface area contributed by atoms with E-state index in [0.29, 0.717) is 26.0 Å². The second-order valence-corrected chi connectivity index (χ2v) is 4.62. The van der Waals surface area contributed by atoms with Crippen LogP contribution in [-0.4, -0.2) is 0 Å². The molecule has 80 valence electrons. The van der Waals surface area contributed by atoms with Crippen molar-refractivity contribution in [3.63, 3.8) is 0 Å². The Labute approximate surface area is 101 Å². The minimum Gasteiger partial charge on any atom is -0.397 e. The summed E-state index contributed by atoms with van der Waals surface area (Å²) in [7, 11) is 0. The molecule has 1 aromatic carbocycles. The highest BCUT2D eigenvalue weighted by atomic mass is 35.5. The average Bonchev–Trinajstić information content (AvgIpc) is 2.63. The van der Waals surface area contributed by atoms with E-state index in [1.165, 1.54) is 18.2 Å². The standard InChI is InChI=1S/C11H6ClFN2S/c12-6-1-2-8(13)7(3-6)10-4-9(15)11(5-14)16-10/h1-4H,15H2. The fourth-order valence-electron chi connectivity index (χ4n) is 1.31. The van der Waals surface area contributed by atoms with Crippen LogP contribution in [0.2, 0.25) is 5.02 Å². The van der Waals surface area contributed by atoms with Crippen molar-refractivity contribution in [3.05, 3.63) is 40.0 Å². The number of hydrogen-bond acceptors (Lipinski definition) is 3. The number of nitrogen functional groups attached to an aromatic ring is 1. The third kappa shape index (κ3) is 1.87. The normalized spacial score (nSPS) is 10.1. The fraction of sp³-hybridized carbons (Fsp3) is 0. The van der Waals surface area contributed by atoms with Crippen molar-refractivity contribution in [3.8, 4) is 16.5 Å². The number of nitrogens with two attached hydrogens (primary N) is 1. The zero-order valence-electron chi connectivity index (χ0n) is 8.00. The molecule has 0 saturated carbocycles. The van der Waals surface area contributed by atoms with Crippen LogP contribution in [0.15, 0.2) is 24.3 Å². The first-order valence-electron chi connectivity index (χ1n) is 4.36. The lowest BCUT2D eigenvalue weighted by atomic mass is 10.2. The number of hydrogen-bond donors (Lipinski definition) is 1. The van der Waals surface area contributed by atoms with Crippen molar-refractivity contribution in [1.29, 1.82) is 5.26 Å². The Balaban J connectivity index is 2.59. The summed E-state index contributed by atoms with van der Waals surface area (Å²) < 4.78 is 13.5. The van der Waals surface area contributed by atoms with Gasteiger partial charge in [0.25, 0.3) is 0 Å². The zero-order chi connectivity index (χ0) is 11.7. The Hall–Kier alpha value is -1.57. The lowest BCUT2D eigenvalue weighted by Crippen LogP contribution is -1.82. The quantitative estimate of drug-likeness (QED) is 0.842. The lowest BCUT2D eigenvalue weighted by molar-refractivity contribution is 0.632. The number of anilines is 1. The summed E-state index contributed by atoms with van der Waals surface area (Å²) in [5, 5.41) is 9.21. The summed E-state index contributed by atoms with van der Waals surface area (Å²) in [5.74, 6) is -0.380. The van der Waals surface area contributed by atoms with Gasteiger partial charge in [-0.15, -0.1) is 11.3 Å². The third-order valence-corrected chi connectivity index (χ3v) is 3.38. The number of rotatable bonds is 1. The van der Waals surface area contributed by atoms with Gasteiger partial charge in [0.05, 0.1) is 5.69 Å². The van der Waals surface area contributed by atoms with E-state index < -0.39 is 0 Å². The highest BCUT2D eigenvalue weighted by molar-refractivity contribution is 7.16. The van der Waals surface area contributed by atoms with Gasteiger partial charge in [-0.2, -0.15) is 5.26 Å². The zero-order valence-corrected chi connectivity index (χ0v) is 9.57. The van der Waals surface area contributed by atoms with Gasteiger partial charge in [-0.05, 0) is 24.3 Å². The van der Waals surface area contributed by atoms with Gasteiger partial charge in [0.1, 0.15) is 16.8 Å². The second kappa shape index (κ2) is 4.12. The van der Waals surface area contributed by atoms with Gasteiger partial charge in [-0.3, -0.25) is 0 Å². The van der Waals surface area contributed by atoms with Crippen molar-refractivity contribution >= 4 is 28.6 Å². The number of thiophene rings is 1. The number of benzene rings is 1. The Morgan fingerprint density at radius 2 is 2.12 bits per heavy atom. The van der Waals surface area contributed by atoms with E-state index >= 15 is 0 Å². The highest BCUT2D eigenvalue weighted by Gasteiger charge is 2.11. The number of nitrogens with zero attached hydrogens (tertiary/aromatic N) is 1. The molecule has 1 heterocycles. The van der Waals surface area contributed by atoms with Crippen molar-refractivity contribution in [2.45, 2.75) is 0 Å². The number of nitriles is 1. The van der Waals surface area contributed by atoms with E-state index in [1.807, 2.05) is 6.07 Å². The van der Waals surface area contributed by atoms with Crippen LogP contribution in [0, 0.1) is 17.1 Å². The predicted molar refractivity (Wildman–Crippen MR) is 63.9 cm³/mol. The summed E-state index contributed by atoms with van der Waals surface area (Å²) in [4.78, 5) is 0.989. The van der Waals surface area contributed by atoms with Crippen LogP contribution in [0.3, 0.4) is 0 Å². The van der Waals surface area contributed by atoms with E-state index in [9.17, 15) is 4.39 Å². The molecule has 2 nitrogen and oxygen atoms in total. The van der Waals surface area contributed by atoms with E-state index in [2.05, 4.69) is 0 Å². The molecule has 16 heavy (non-hydrogen) atoms. The molecule has 2 N–H and O–H groups in total. The van der Waals surface area contributed by atoms with Gasteiger partial charge in [0.15, 0.2) is 0 Å². The van der Waals surface area contributed by atoms with Crippen LogP contribution in [0.25, 0.3) is 10.4 Å². The number of halogens is 2. The summed E-state index contributed by atoms with van der Waals surface area (Å²) in [6, 6.07) is 7.82. The van der Waals surface area contributed by atoms with Crippen molar-refractivity contribution in [2.75, 3.05) is 5.73 Å². The van der Waals surface area contributed by atoms with Crippen LogP contribution in [0.4, 0.5) is 10.1 Å². The molecule has 0 unspecified atom stereocenters. The van der Waals surface area contributed by atoms with Crippen molar-refractivity contribution in [2.24, 2.45) is 0 Å². The summed E-state index contributed by atoms with van der Waals surface area (Å²) in [6.07, 6.45) is 0. The van der Waals surface area contributed by atoms with Crippen LogP contribution in [0.1, 0.15) is 4.88 Å². The topological polar surface area (TPSA) is 49.8 Å². The first-order valence-corrected chi connectivity index (χ1v) is 5.56. The molecule has 0 atom stereocenters. The minimum absolute atomic E-state index is 0.363. The molecular formula is C11H6ClFN2S. The summed E-state index contributed by atoms with van der Waals surface area (Å²) in [6.45, 7) is 0. The van der Waals surface area contributed by atoms with E-state index in [-0.39, 0.29) is 5.82 Å². The van der Waals surface area contributed by atoms with Gasteiger partial charge in [-0.1, -0.05) is 11.6 Å². The monoisotopic (exact) mass is 252 g/mol. The third-order valence-electron chi connectivity index (χ3n) is 2.06. The lowest BCUT2D eigenvalue weighted by Gasteiger charge is -1.99. The fourth-order valence-corrected chi connectivity index (χ4v) is 2.38. The molecule has 0 radical (unpaired) electrons. The maximum Gasteiger partial charge on any atom is 0.131 e. The van der Waals surface area contributed by atoms with Gasteiger partial charge in [0.2, 0.25) is 0 Å². The highest BCUT2D eigenvalue weighted by Crippen LogP contribution is 2.35. The van der Waals surface area contributed by atoms with Gasteiger partial charge < -0.3 is 5.73 Å². The Morgan fingerprint density at radius 3 is 2.75 bits per heavy atom. The van der Waals surface area contributed by atoms with E-state index in [4.69, 9.17) is 22.6 Å². The molecule has 5 heteroatoms. The van der Waals surface area contributed by atoms with Gasteiger partial charge >= 0.3 is 0 Å². The second-order valence-electron chi connectivity index (χ2n) is 3.13. The maximum absolute atomic E-state index is 13.5. The molecule has 0 aliphatic carbocycles. The molecular weight excluding hydrogens is 247 g/mol. The average molecular weight is 253 g/mol. The molecule has 0 fully saturated rings. The Kier molecular flexibility index (Phi) is 2.82. The van der Waals surface area contributed by atoms with E-state index in [0.717, 1.165) is 11.3 Å². The smallest absolute Gasteiger partial charge is 0.131 e. The first-order chi connectivity index (χ1) is 7.61. The SMILES string of the molecule is N#Cc1sc(-c2cc(Cl)ccc2F)cc1N. The molecule has 2 rings (SSSR count). The molecule has 0 bridgehead atoms. The Bertz CT molecular complexity index is 586. The maximum atomic E-state index is 13.5. The van der Waals surface area contributed by atoms with Crippen molar-refractivity contribution in [1.82, 2.24) is 0 Å². The largest absolute Gasteiger partial charge is 0.397 e. The molecule has 1 aromatic heterocycles. The molecule has 0 saturated heterocycles. The molecule has 0 spiro atoms. The summed E-state index contributed by atoms with van der Waals surface area (Å²) >= 11 is 6.94. The minimum atomic E-state index is -0.380. The summed E-state index contributed by atoms with van der Waals surface area (Å²) in [5.41, 5.74) is 6.34. The predicted octanol–water partition coefficient (Wildman–Crippen LogP) is 3.66. The van der Waals surface area contributed by atoms with Crippen LogP contribution in [-0.2, 0) is 0 Å². The first kappa shape index (κ1) is 10.9.